The van der Waals surface area contributed by atoms with E-state index in [2.05, 4.69) is 167 Å². The average Bonchev–Trinajstić information content (AvgIpc) is 3.44. The molecule has 0 fully saturated rings. The number of rotatable bonds is 56. The van der Waals surface area contributed by atoms with Crippen LogP contribution < -0.4 is 0 Å². The van der Waals surface area contributed by atoms with E-state index in [9.17, 15) is 14.4 Å². The Hall–Kier alpha value is -4.71. The summed E-state index contributed by atoms with van der Waals surface area (Å²) >= 11 is 0. The van der Waals surface area contributed by atoms with Crippen LogP contribution >= 0.6 is 0 Å². The number of carbonyl (C=O) groups excluding carboxylic acids is 3. The summed E-state index contributed by atoms with van der Waals surface area (Å²) in [4.78, 5) is 38.3. The first-order valence-electron chi connectivity index (χ1n) is 31.8. The minimum atomic E-state index is -0.812. The van der Waals surface area contributed by atoms with Gasteiger partial charge in [-0.05, 0) is 141 Å². The second-order valence-electron chi connectivity index (χ2n) is 20.5. The van der Waals surface area contributed by atoms with Crippen LogP contribution in [0.15, 0.2) is 146 Å². The third-order valence-corrected chi connectivity index (χ3v) is 13.1. The molecule has 0 aliphatic heterocycles. The van der Waals surface area contributed by atoms with Gasteiger partial charge in [-0.1, -0.05) is 256 Å². The Morgan fingerprint density at radius 2 is 0.500 bits per heavy atom. The van der Waals surface area contributed by atoms with Gasteiger partial charge in [-0.3, -0.25) is 14.4 Å². The van der Waals surface area contributed by atoms with E-state index in [4.69, 9.17) is 14.2 Å². The van der Waals surface area contributed by atoms with Crippen LogP contribution in [0.1, 0.15) is 271 Å². The van der Waals surface area contributed by atoms with Crippen LogP contribution in [0.4, 0.5) is 0 Å². The summed E-state index contributed by atoms with van der Waals surface area (Å²) in [6.45, 7) is 6.34. The molecule has 6 nitrogen and oxygen atoms in total. The molecule has 0 aliphatic carbocycles. The first-order valence-corrected chi connectivity index (χ1v) is 31.8. The minimum Gasteiger partial charge on any atom is -0.462 e. The van der Waals surface area contributed by atoms with Crippen LogP contribution in [0.3, 0.4) is 0 Å². The normalized spacial score (nSPS) is 13.1. The van der Waals surface area contributed by atoms with Gasteiger partial charge in [0.2, 0.25) is 0 Å². The fourth-order valence-corrected chi connectivity index (χ4v) is 8.35. The van der Waals surface area contributed by atoms with Crippen molar-refractivity contribution in [1.29, 1.82) is 0 Å². The van der Waals surface area contributed by atoms with Gasteiger partial charge in [-0.2, -0.15) is 0 Å². The van der Waals surface area contributed by atoms with E-state index in [1.807, 2.05) is 0 Å². The maximum atomic E-state index is 12.9. The molecule has 1 atom stereocenters. The molecule has 0 rings (SSSR count). The fraction of sp³-hybridized carbons (Fsp3) is 0.625. The molecule has 78 heavy (non-hydrogen) atoms. The van der Waals surface area contributed by atoms with E-state index < -0.39 is 6.10 Å². The Morgan fingerprint density at radius 1 is 0.269 bits per heavy atom. The second-order valence-corrected chi connectivity index (χ2v) is 20.5. The number of ether oxygens (including phenoxy) is 3. The molecule has 0 amide bonds. The zero-order chi connectivity index (χ0) is 56.4. The van der Waals surface area contributed by atoms with Crippen molar-refractivity contribution in [2.45, 2.75) is 277 Å². The lowest BCUT2D eigenvalue weighted by molar-refractivity contribution is -0.167. The molecule has 440 valence electrons. The molecule has 0 aromatic rings. The number of carbonyl (C=O) groups is 3. The number of hydrogen-bond acceptors (Lipinski definition) is 6. The largest absolute Gasteiger partial charge is 0.462 e. The highest BCUT2D eigenvalue weighted by atomic mass is 16.6. The summed E-state index contributed by atoms with van der Waals surface area (Å²) in [5, 5.41) is 0. The lowest BCUT2D eigenvalue weighted by Gasteiger charge is -2.18. The fourth-order valence-electron chi connectivity index (χ4n) is 8.35. The van der Waals surface area contributed by atoms with Crippen molar-refractivity contribution >= 4 is 17.9 Å². The van der Waals surface area contributed by atoms with Crippen LogP contribution in [0.5, 0.6) is 0 Å². The second kappa shape index (κ2) is 64.8. The summed E-state index contributed by atoms with van der Waals surface area (Å²) in [7, 11) is 0. The average molecular weight is 1080 g/mol. The van der Waals surface area contributed by atoms with Crippen molar-refractivity contribution in [3.05, 3.63) is 146 Å². The number of unbranched alkanes of at least 4 members (excludes halogenated alkanes) is 21. The summed E-state index contributed by atoms with van der Waals surface area (Å²) in [6, 6.07) is 0. The molecular weight excluding hydrogens is 961 g/mol. The van der Waals surface area contributed by atoms with Gasteiger partial charge in [-0.15, -0.1) is 0 Å². The zero-order valence-electron chi connectivity index (χ0n) is 50.4. The number of allylic oxidation sites excluding steroid dienone is 24. The third kappa shape index (κ3) is 62.1. The van der Waals surface area contributed by atoms with Crippen molar-refractivity contribution in [2.24, 2.45) is 0 Å². The SMILES string of the molecule is CC/C=C\C/C=C\C/C=C\C/C=C\C/C=C\C/C=C\CCCCC(=O)OC(COC(=O)CCCCCCC/C=C\CCCCC)COC(=O)CCCCCCCCCCCCC/C=C\C/C=C\C/C=C\C/C=C\C/C=C\CC. The van der Waals surface area contributed by atoms with Crippen LogP contribution in [-0.2, 0) is 28.6 Å². The number of hydrogen-bond donors (Lipinski definition) is 0. The molecule has 0 radical (unpaired) electrons. The van der Waals surface area contributed by atoms with Crippen LogP contribution in [0, 0.1) is 0 Å². The van der Waals surface area contributed by atoms with E-state index in [1.54, 1.807) is 0 Å². The molecule has 0 aromatic carbocycles. The maximum absolute atomic E-state index is 12.9. The summed E-state index contributed by atoms with van der Waals surface area (Å²) < 4.78 is 16.9. The molecule has 0 heterocycles. The van der Waals surface area contributed by atoms with E-state index in [0.29, 0.717) is 19.3 Å². The van der Waals surface area contributed by atoms with Gasteiger partial charge < -0.3 is 14.2 Å². The summed E-state index contributed by atoms with van der Waals surface area (Å²) in [5.74, 6) is -0.961. The molecule has 0 aromatic heterocycles. The van der Waals surface area contributed by atoms with Crippen LogP contribution in [0.2, 0.25) is 0 Å². The Kier molecular flexibility index (Phi) is 60.9. The Balaban J connectivity index is 4.39. The van der Waals surface area contributed by atoms with E-state index >= 15 is 0 Å². The van der Waals surface area contributed by atoms with Gasteiger partial charge in [-0.25, -0.2) is 0 Å². The molecule has 6 heteroatoms. The lowest BCUT2D eigenvalue weighted by Crippen LogP contribution is -2.30. The number of esters is 3. The van der Waals surface area contributed by atoms with Crippen molar-refractivity contribution in [3.8, 4) is 0 Å². The van der Waals surface area contributed by atoms with E-state index in [0.717, 1.165) is 135 Å². The van der Waals surface area contributed by atoms with Crippen molar-refractivity contribution in [3.63, 3.8) is 0 Å². The van der Waals surface area contributed by atoms with Gasteiger partial charge in [0.15, 0.2) is 6.10 Å². The van der Waals surface area contributed by atoms with Gasteiger partial charge in [0.25, 0.3) is 0 Å². The molecule has 1 unspecified atom stereocenters. The summed E-state index contributed by atoms with van der Waals surface area (Å²) in [5.41, 5.74) is 0. The zero-order valence-corrected chi connectivity index (χ0v) is 50.4. The maximum Gasteiger partial charge on any atom is 0.306 e. The van der Waals surface area contributed by atoms with Crippen molar-refractivity contribution in [1.82, 2.24) is 0 Å². The smallest absolute Gasteiger partial charge is 0.306 e. The monoisotopic (exact) mass is 1080 g/mol. The Labute approximate surface area is 480 Å². The van der Waals surface area contributed by atoms with Gasteiger partial charge >= 0.3 is 17.9 Å². The highest BCUT2D eigenvalue weighted by Crippen LogP contribution is 2.15. The van der Waals surface area contributed by atoms with Gasteiger partial charge in [0, 0.05) is 19.3 Å². The molecule has 0 bridgehead atoms. The van der Waals surface area contributed by atoms with Gasteiger partial charge in [0.05, 0.1) is 0 Å². The third-order valence-electron chi connectivity index (χ3n) is 13.1. The minimum absolute atomic E-state index is 0.104. The standard InChI is InChI=1S/C72H116O6/c1-4-7-10-13-16-19-22-25-27-29-31-33-34-35-36-37-38-40-41-43-45-47-50-53-56-59-62-65-71(74)77-68-69(67-76-70(73)64-61-58-55-52-49-24-21-18-15-12-9-6-3)78-72(75)66-63-60-57-54-51-48-46-44-42-39-32-30-28-26-23-20-17-14-11-8-5-2/h7-8,10-11,16-21,25-28,31-33,35-36,39,44,46,51,54,69H,4-6,9,12-15,22-24,29-30,34,37-38,40-43,45,47-50,52-53,55-68H2,1-3H3/b10-7-,11-8-,19-16-,20-17-,21-18-,27-25-,28-26-,33-31-,36-35-,39-32-,46-44-,54-51-. The van der Waals surface area contributed by atoms with Crippen LogP contribution in [-0.4, -0.2) is 37.2 Å². The molecule has 0 spiro atoms. The topological polar surface area (TPSA) is 78.9 Å². The van der Waals surface area contributed by atoms with Crippen molar-refractivity contribution < 1.29 is 28.6 Å². The molecule has 0 N–H and O–H groups in total. The van der Waals surface area contributed by atoms with E-state index in [1.165, 1.54) is 89.9 Å². The highest BCUT2D eigenvalue weighted by molar-refractivity contribution is 5.71. The van der Waals surface area contributed by atoms with Crippen LogP contribution in [0.25, 0.3) is 0 Å². The van der Waals surface area contributed by atoms with E-state index in [-0.39, 0.29) is 37.5 Å². The highest BCUT2D eigenvalue weighted by Gasteiger charge is 2.19. The van der Waals surface area contributed by atoms with Crippen molar-refractivity contribution in [2.75, 3.05) is 13.2 Å². The lowest BCUT2D eigenvalue weighted by atomic mass is 10.0. The predicted octanol–water partition coefficient (Wildman–Crippen LogP) is 21.9. The molecule has 0 saturated heterocycles. The summed E-state index contributed by atoms with van der Waals surface area (Å²) in [6.07, 6.45) is 92.8. The molecule has 0 aliphatic rings. The Morgan fingerprint density at radius 3 is 0.821 bits per heavy atom. The van der Waals surface area contributed by atoms with Gasteiger partial charge in [0.1, 0.15) is 13.2 Å². The quantitative estimate of drug-likeness (QED) is 0.0261. The first kappa shape index (κ1) is 73.3. The molecular formula is C72H116O6. The Bertz CT molecular complexity index is 1710. The molecule has 0 saturated carbocycles. The first-order chi connectivity index (χ1) is 38.5. The predicted molar refractivity (Wildman–Crippen MR) is 339 cm³/mol.